The van der Waals surface area contributed by atoms with E-state index in [1.54, 1.807) is 7.11 Å². The van der Waals surface area contributed by atoms with Gasteiger partial charge in [0.15, 0.2) is 5.96 Å². The molecular formula is C24H33IN4O4. The number of likely N-dealkylation sites (tertiary alicyclic amines) is 1. The summed E-state index contributed by atoms with van der Waals surface area (Å²) in [4.78, 5) is 31.5. The number of benzene rings is 1. The van der Waals surface area contributed by atoms with Crippen molar-refractivity contribution in [2.45, 2.75) is 19.8 Å². The third kappa shape index (κ3) is 5.62. The molecule has 180 valence electrons. The fraction of sp³-hybridized carbons (Fsp3) is 0.542. The van der Waals surface area contributed by atoms with E-state index in [-0.39, 0.29) is 59.5 Å². The average molecular weight is 568 g/mol. The van der Waals surface area contributed by atoms with Crippen molar-refractivity contribution in [2.75, 3.05) is 39.9 Å². The molecule has 1 aromatic carbocycles. The number of methoxy groups -OCH3 is 1. The molecule has 2 aliphatic carbocycles. The second kappa shape index (κ2) is 11.7. The number of rotatable bonds is 10. The summed E-state index contributed by atoms with van der Waals surface area (Å²) in [5, 5.41) is 6.44. The van der Waals surface area contributed by atoms with Crippen LogP contribution in [0, 0.1) is 23.7 Å². The van der Waals surface area contributed by atoms with Crippen LogP contribution in [0.1, 0.15) is 19.8 Å². The number of carbonyl (C=O) groups excluding carboxylic acids is 2. The molecule has 2 amide bonds. The zero-order valence-corrected chi connectivity index (χ0v) is 21.5. The van der Waals surface area contributed by atoms with E-state index in [9.17, 15) is 9.59 Å². The van der Waals surface area contributed by atoms with Crippen LogP contribution in [-0.2, 0) is 9.59 Å². The van der Waals surface area contributed by atoms with Gasteiger partial charge in [-0.1, -0.05) is 18.2 Å². The maximum absolute atomic E-state index is 12.8. The molecule has 1 aromatic rings. The number of imide groups is 1. The van der Waals surface area contributed by atoms with Gasteiger partial charge >= 0.3 is 0 Å². The van der Waals surface area contributed by atoms with Crippen molar-refractivity contribution in [3.05, 3.63) is 36.4 Å². The number of nitrogens with zero attached hydrogens (tertiary/aromatic N) is 2. The van der Waals surface area contributed by atoms with Crippen molar-refractivity contribution in [2.24, 2.45) is 28.7 Å². The Bertz CT molecular complexity index is 876. The highest BCUT2D eigenvalue weighted by Crippen LogP contribution is 2.52. The van der Waals surface area contributed by atoms with Crippen molar-refractivity contribution in [3.63, 3.8) is 0 Å². The minimum Gasteiger partial charge on any atom is -0.497 e. The van der Waals surface area contributed by atoms with E-state index in [1.165, 1.54) is 4.90 Å². The molecule has 1 aliphatic heterocycles. The lowest BCUT2D eigenvalue weighted by Crippen LogP contribution is -2.43. The maximum Gasteiger partial charge on any atom is 0.233 e. The summed E-state index contributed by atoms with van der Waals surface area (Å²) in [5.74, 6) is 2.43. The summed E-state index contributed by atoms with van der Waals surface area (Å²) >= 11 is 0. The van der Waals surface area contributed by atoms with Gasteiger partial charge in [-0.05, 0) is 37.3 Å². The number of hydrogen-bond donors (Lipinski definition) is 2. The van der Waals surface area contributed by atoms with E-state index < -0.39 is 0 Å². The smallest absolute Gasteiger partial charge is 0.233 e. The standard InChI is InChI=1S/C24H32N4O4.HI/c1-3-25-24(26-10-5-13-32-19-7-4-6-18(15-19)31-2)27-11-12-28-22(29)20-16-8-9-17(14-16)21(20)23(28)30;/h4,6-9,15-17,20-21H,3,5,10-14H2,1-2H3,(H2,25,26,27);1H. The van der Waals surface area contributed by atoms with Gasteiger partial charge in [0.05, 0.1) is 25.6 Å². The maximum atomic E-state index is 12.8. The lowest BCUT2D eigenvalue weighted by Gasteiger charge is -2.18. The molecule has 2 N–H and O–H groups in total. The molecule has 2 fully saturated rings. The number of halogens is 1. The van der Waals surface area contributed by atoms with Crippen molar-refractivity contribution < 1.29 is 19.1 Å². The normalized spacial score (nSPS) is 25.2. The van der Waals surface area contributed by atoms with Gasteiger partial charge in [-0.3, -0.25) is 19.5 Å². The number of aliphatic imine (C=N–C) groups is 1. The molecule has 4 atom stereocenters. The van der Waals surface area contributed by atoms with Crippen molar-refractivity contribution in [3.8, 4) is 11.5 Å². The molecule has 1 saturated heterocycles. The number of ether oxygens (including phenoxy) is 2. The predicted molar refractivity (Wildman–Crippen MR) is 137 cm³/mol. The molecule has 3 aliphatic rings. The first kappa shape index (κ1) is 25.3. The van der Waals surface area contributed by atoms with Crippen LogP contribution < -0.4 is 20.1 Å². The second-order valence-corrected chi connectivity index (χ2v) is 8.40. The summed E-state index contributed by atoms with van der Waals surface area (Å²) in [6.07, 6.45) is 5.95. The van der Waals surface area contributed by atoms with E-state index in [1.807, 2.05) is 31.2 Å². The molecule has 8 nitrogen and oxygen atoms in total. The fourth-order valence-corrected chi connectivity index (χ4v) is 4.95. The lowest BCUT2D eigenvalue weighted by atomic mass is 9.85. The van der Waals surface area contributed by atoms with E-state index in [0.29, 0.717) is 32.2 Å². The van der Waals surface area contributed by atoms with Crippen molar-refractivity contribution in [1.29, 1.82) is 0 Å². The number of fused-ring (bicyclic) bond motifs is 5. The van der Waals surface area contributed by atoms with Gasteiger partial charge in [-0.2, -0.15) is 0 Å². The topological polar surface area (TPSA) is 92.3 Å². The zero-order chi connectivity index (χ0) is 22.5. The molecule has 0 aromatic heterocycles. The molecule has 0 radical (unpaired) electrons. The number of carbonyl (C=O) groups is 2. The highest BCUT2D eigenvalue weighted by molar-refractivity contribution is 14.0. The van der Waals surface area contributed by atoms with E-state index >= 15 is 0 Å². The van der Waals surface area contributed by atoms with Crippen LogP contribution in [0.4, 0.5) is 0 Å². The Hall–Kier alpha value is -2.30. The predicted octanol–water partition coefficient (Wildman–Crippen LogP) is 2.44. The van der Waals surface area contributed by atoms with E-state index in [2.05, 4.69) is 27.8 Å². The fourth-order valence-electron chi connectivity index (χ4n) is 4.95. The first-order valence-electron chi connectivity index (χ1n) is 11.4. The Morgan fingerprint density at radius 3 is 2.48 bits per heavy atom. The van der Waals surface area contributed by atoms with Crippen LogP contribution in [0.15, 0.2) is 41.4 Å². The van der Waals surface area contributed by atoms with E-state index in [4.69, 9.17) is 9.47 Å². The third-order valence-corrected chi connectivity index (χ3v) is 6.42. The highest BCUT2D eigenvalue weighted by atomic mass is 127. The van der Waals surface area contributed by atoms with Crippen LogP contribution >= 0.6 is 24.0 Å². The minimum absolute atomic E-state index is 0. The number of nitrogens with one attached hydrogen (secondary N) is 2. The highest BCUT2D eigenvalue weighted by Gasteiger charge is 2.58. The zero-order valence-electron chi connectivity index (χ0n) is 19.2. The largest absolute Gasteiger partial charge is 0.497 e. The van der Waals surface area contributed by atoms with Crippen molar-refractivity contribution in [1.82, 2.24) is 15.5 Å². The molecular weight excluding hydrogens is 535 g/mol. The minimum atomic E-state index is -0.135. The summed E-state index contributed by atoms with van der Waals surface area (Å²) in [7, 11) is 1.63. The van der Waals surface area contributed by atoms with Crippen LogP contribution in [0.2, 0.25) is 0 Å². The second-order valence-electron chi connectivity index (χ2n) is 8.40. The first-order valence-corrected chi connectivity index (χ1v) is 11.4. The number of hydrogen-bond acceptors (Lipinski definition) is 5. The Morgan fingerprint density at radius 1 is 1.12 bits per heavy atom. The van der Waals surface area contributed by atoms with Gasteiger partial charge in [-0.15, -0.1) is 24.0 Å². The number of allylic oxidation sites excluding steroid dienone is 2. The van der Waals surface area contributed by atoms with Crippen LogP contribution in [0.3, 0.4) is 0 Å². The van der Waals surface area contributed by atoms with Gasteiger partial charge < -0.3 is 20.1 Å². The Kier molecular flexibility index (Phi) is 8.99. The monoisotopic (exact) mass is 568 g/mol. The number of amides is 2. The molecule has 4 rings (SSSR count). The SMILES string of the molecule is CCNC(=NCCCOc1cccc(OC)c1)NCCN1C(=O)C2C3C=CC(C3)C2C1=O.I. The van der Waals surface area contributed by atoms with Crippen LogP contribution in [0.25, 0.3) is 0 Å². The third-order valence-electron chi connectivity index (χ3n) is 6.42. The molecule has 4 unspecified atom stereocenters. The van der Waals surface area contributed by atoms with Gasteiger partial charge in [0.25, 0.3) is 0 Å². The van der Waals surface area contributed by atoms with Gasteiger partial charge in [0, 0.05) is 38.7 Å². The summed E-state index contributed by atoms with van der Waals surface area (Å²) in [6.45, 7) is 4.72. The van der Waals surface area contributed by atoms with Crippen molar-refractivity contribution >= 4 is 41.8 Å². The lowest BCUT2D eigenvalue weighted by molar-refractivity contribution is -0.140. The van der Waals surface area contributed by atoms with Crippen LogP contribution in [-0.4, -0.2) is 62.6 Å². The van der Waals surface area contributed by atoms with E-state index in [0.717, 1.165) is 30.9 Å². The Balaban J connectivity index is 0.00000306. The molecule has 1 saturated carbocycles. The number of guanidine groups is 1. The molecule has 0 spiro atoms. The average Bonchev–Trinajstić information content (AvgIpc) is 3.48. The van der Waals surface area contributed by atoms with Crippen LogP contribution in [0.5, 0.6) is 11.5 Å². The first-order chi connectivity index (χ1) is 15.6. The molecule has 9 heteroatoms. The Morgan fingerprint density at radius 2 is 1.82 bits per heavy atom. The van der Waals surface area contributed by atoms with Gasteiger partial charge in [0.1, 0.15) is 11.5 Å². The summed E-state index contributed by atoms with van der Waals surface area (Å²) in [5.41, 5.74) is 0. The summed E-state index contributed by atoms with van der Waals surface area (Å²) in [6, 6.07) is 7.52. The summed E-state index contributed by atoms with van der Waals surface area (Å²) < 4.78 is 10.9. The quantitative estimate of drug-likeness (QED) is 0.113. The Labute approximate surface area is 212 Å². The molecule has 2 bridgehead atoms. The molecule has 1 heterocycles. The van der Waals surface area contributed by atoms with Gasteiger partial charge in [-0.25, -0.2) is 0 Å². The molecule has 33 heavy (non-hydrogen) atoms. The van der Waals surface area contributed by atoms with Gasteiger partial charge in [0.2, 0.25) is 11.8 Å².